The van der Waals surface area contributed by atoms with Gasteiger partial charge in [0, 0.05) is 0 Å². The molecule has 0 aliphatic rings. The topological polar surface area (TPSA) is 72.2 Å². The lowest BCUT2D eigenvalue weighted by atomic mass is 10.3. The van der Waals surface area contributed by atoms with E-state index in [1.165, 1.54) is 4.52 Å². The van der Waals surface area contributed by atoms with Gasteiger partial charge in [0.2, 0.25) is 9.97 Å². The molecule has 0 aliphatic heterocycles. The Morgan fingerprint density at radius 2 is 2.15 bits per heavy atom. The van der Waals surface area contributed by atoms with Crippen molar-refractivity contribution in [2.75, 3.05) is 5.32 Å². The molecule has 0 unspecified atom stereocenters. The first-order chi connectivity index (χ1) is 9.56. The predicted octanol–water partition coefficient (Wildman–Crippen LogP) is 3.05. The molecule has 1 aromatic carbocycles. The van der Waals surface area contributed by atoms with Crippen molar-refractivity contribution in [2.24, 2.45) is 0 Å². The maximum atomic E-state index is 12.1. The zero-order valence-corrected chi connectivity index (χ0v) is 12.4. The minimum absolute atomic E-state index is 0.272. The van der Waals surface area contributed by atoms with Gasteiger partial charge in [0.05, 0.1) is 15.7 Å². The molecule has 20 heavy (non-hydrogen) atoms. The molecular weight excluding hydrogens is 321 g/mol. The summed E-state index contributed by atoms with van der Waals surface area (Å²) < 4.78 is 1.51. The number of anilines is 1. The summed E-state index contributed by atoms with van der Waals surface area (Å²) >= 11 is 13.1. The number of amides is 1. The molecule has 0 fully saturated rings. The van der Waals surface area contributed by atoms with Crippen molar-refractivity contribution in [3.05, 3.63) is 39.1 Å². The minimum Gasteiger partial charge on any atom is -0.318 e. The third-order valence-electron chi connectivity index (χ3n) is 2.54. The quantitative estimate of drug-likeness (QED) is 0.785. The second-order valence-corrected chi connectivity index (χ2v) is 5.65. The molecule has 6 nitrogen and oxygen atoms in total. The van der Waals surface area contributed by atoms with Crippen LogP contribution in [0.1, 0.15) is 15.6 Å². The van der Waals surface area contributed by atoms with Crippen molar-refractivity contribution in [3.8, 4) is 0 Å². The maximum absolute atomic E-state index is 12.1. The van der Waals surface area contributed by atoms with Crippen molar-refractivity contribution >= 4 is 51.1 Å². The van der Waals surface area contributed by atoms with E-state index in [9.17, 15) is 4.79 Å². The van der Waals surface area contributed by atoms with Crippen LogP contribution in [0.15, 0.2) is 18.2 Å². The highest BCUT2D eigenvalue weighted by molar-refractivity contribution is 7.18. The van der Waals surface area contributed by atoms with Gasteiger partial charge in [-0.25, -0.2) is 0 Å². The Morgan fingerprint density at radius 3 is 2.90 bits per heavy atom. The van der Waals surface area contributed by atoms with E-state index in [-0.39, 0.29) is 10.9 Å². The number of carbonyl (C=O) groups excluding carboxylic acids is 1. The highest BCUT2D eigenvalue weighted by Gasteiger charge is 2.16. The van der Waals surface area contributed by atoms with Crippen molar-refractivity contribution in [2.45, 2.75) is 6.92 Å². The number of aromatic nitrogens is 4. The zero-order chi connectivity index (χ0) is 14.3. The van der Waals surface area contributed by atoms with E-state index >= 15 is 0 Å². The molecule has 1 N–H and O–H groups in total. The molecule has 0 saturated carbocycles. The summed E-state index contributed by atoms with van der Waals surface area (Å²) in [6.45, 7) is 1.76. The van der Waals surface area contributed by atoms with Gasteiger partial charge in [0.15, 0.2) is 5.82 Å². The number of rotatable bonds is 2. The first kappa shape index (κ1) is 13.3. The van der Waals surface area contributed by atoms with E-state index in [2.05, 4.69) is 20.6 Å². The van der Waals surface area contributed by atoms with Crippen LogP contribution in [0.25, 0.3) is 4.96 Å². The average molecular weight is 328 g/mol. The van der Waals surface area contributed by atoms with Crippen LogP contribution in [-0.4, -0.2) is 25.7 Å². The molecule has 0 radical (unpaired) electrons. The summed E-state index contributed by atoms with van der Waals surface area (Å²) in [7, 11) is 0. The maximum Gasteiger partial charge on any atom is 0.286 e. The average Bonchev–Trinajstić information content (AvgIpc) is 2.98. The summed E-state index contributed by atoms with van der Waals surface area (Å²) in [5, 5.41) is 15.5. The summed E-state index contributed by atoms with van der Waals surface area (Å²) in [5.41, 5.74) is 0.437. The molecule has 0 spiro atoms. The molecule has 0 bridgehead atoms. The van der Waals surface area contributed by atoms with Gasteiger partial charge in [-0.05, 0) is 19.1 Å². The van der Waals surface area contributed by atoms with Crippen molar-refractivity contribution in [1.29, 1.82) is 0 Å². The van der Waals surface area contributed by atoms with Crippen molar-refractivity contribution in [1.82, 2.24) is 19.8 Å². The van der Waals surface area contributed by atoms with Gasteiger partial charge in [-0.15, -0.1) is 15.3 Å². The first-order valence-electron chi connectivity index (χ1n) is 5.50. The monoisotopic (exact) mass is 327 g/mol. The van der Waals surface area contributed by atoms with Gasteiger partial charge in [-0.1, -0.05) is 40.6 Å². The van der Waals surface area contributed by atoms with Crippen LogP contribution in [0.4, 0.5) is 5.69 Å². The van der Waals surface area contributed by atoms with E-state index < -0.39 is 0 Å². The predicted molar refractivity (Wildman–Crippen MR) is 77.8 cm³/mol. The summed E-state index contributed by atoms with van der Waals surface area (Å²) in [6, 6.07) is 5.01. The Kier molecular flexibility index (Phi) is 3.33. The molecule has 2 heterocycles. The highest BCUT2D eigenvalue weighted by Crippen LogP contribution is 2.30. The fourth-order valence-electron chi connectivity index (χ4n) is 1.58. The molecule has 0 aliphatic carbocycles. The molecular formula is C11H7Cl2N5OS. The largest absolute Gasteiger partial charge is 0.318 e. The van der Waals surface area contributed by atoms with Gasteiger partial charge in [0.25, 0.3) is 5.91 Å². The molecule has 3 rings (SSSR count). The van der Waals surface area contributed by atoms with Crippen molar-refractivity contribution < 1.29 is 4.79 Å². The highest BCUT2D eigenvalue weighted by atomic mass is 35.5. The molecule has 0 atom stereocenters. The summed E-state index contributed by atoms with van der Waals surface area (Å²) in [6.07, 6.45) is 0. The second kappa shape index (κ2) is 5.01. The number of fused-ring (bicyclic) bond motifs is 1. The van der Waals surface area contributed by atoms with Crippen LogP contribution >= 0.6 is 34.5 Å². The van der Waals surface area contributed by atoms with E-state index in [1.54, 1.807) is 25.1 Å². The Morgan fingerprint density at radius 1 is 1.35 bits per heavy atom. The van der Waals surface area contributed by atoms with E-state index in [4.69, 9.17) is 23.2 Å². The fourth-order valence-corrected chi connectivity index (χ4v) is 2.71. The number of hydrogen-bond donors (Lipinski definition) is 1. The number of carbonyl (C=O) groups is 1. The normalized spacial score (nSPS) is 10.9. The number of hydrogen-bond acceptors (Lipinski definition) is 5. The molecule has 102 valence electrons. The summed E-state index contributed by atoms with van der Waals surface area (Å²) in [4.78, 5) is 12.7. The van der Waals surface area contributed by atoms with Crippen LogP contribution in [0.5, 0.6) is 0 Å². The lowest BCUT2D eigenvalue weighted by Crippen LogP contribution is -2.12. The van der Waals surface area contributed by atoms with Gasteiger partial charge >= 0.3 is 0 Å². The van der Waals surface area contributed by atoms with Crippen LogP contribution in [-0.2, 0) is 0 Å². The Bertz CT molecular complexity index is 812. The van der Waals surface area contributed by atoms with Crippen LogP contribution in [0.2, 0.25) is 10.0 Å². The lowest BCUT2D eigenvalue weighted by Gasteiger charge is -2.05. The number of nitrogens with one attached hydrogen (secondary N) is 1. The third-order valence-corrected chi connectivity index (χ3v) is 4.26. The third kappa shape index (κ3) is 2.24. The molecule has 1 amide bonds. The van der Waals surface area contributed by atoms with E-state index in [1.807, 2.05) is 0 Å². The van der Waals surface area contributed by atoms with Crippen LogP contribution < -0.4 is 5.32 Å². The number of aryl methyl sites for hydroxylation is 1. The van der Waals surface area contributed by atoms with Crippen molar-refractivity contribution in [3.63, 3.8) is 0 Å². The molecule has 3 aromatic rings. The van der Waals surface area contributed by atoms with Gasteiger partial charge in [0.1, 0.15) is 0 Å². The van der Waals surface area contributed by atoms with Gasteiger partial charge in [-0.3, -0.25) is 4.79 Å². The molecule has 0 saturated heterocycles. The number of halogens is 2. The number of nitrogens with zero attached hydrogens (tertiary/aromatic N) is 4. The zero-order valence-electron chi connectivity index (χ0n) is 10.1. The fraction of sp³-hybridized carbons (Fsp3) is 0.0909. The first-order valence-corrected chi connectivity index (χ1v) is 7.07. The van der Waals surface area contributed by atoms with Crippen LogP contribution in [0, 0.1) is 6.92 Å². The minimum atomic E-state index is -0.371. The smallest absolute Gasteiger partial charge is 0.286 e. The molecule has 2 aromatic heterocycles. The van der Waals surface area contributed by atoms with E-state index in [0.717, 1.165) is 11.3 Å². The van der Waals surface area contributed by atoms with Gasteiger partial charge in [-0.2, -0.15) is 4.52 Å². The number of benzene rings is 1. The van der Waals surface area contributed by atoms with Crippen LogP contribution in [0.3, 0.4) is 0 Å². The standard InChI is InChI=1S/C11H7Cl2N5OS/c1-5-15-16-11-18(5)17-10(20-11)9(19)14-7-4-2-3-6(12)8(7)13/h2-4H,1H3,(H,14,19). The SMILES string of the molecule is Cc1nnc2sc(C(=O)Nc3cccc(Cl)c3Cl)nn12. The van der Waals surface area contributed by atoms with E-state index in [0.29, 0.717) is 26.5 Å². The summed E-state index contributed by atoms with van der Waals surface area (Å²) in [5.74, 6) is 0.250. The Balaban J connectivity index is 1.90. The Hall–Kier alpha value is -1.70. The Labute approximate surface area is 127 Å². The van der Waals surface area contributed by atoms with Gasteiger partial charge < -0.3 is 5.32 Å². The lowest BCUT2D eigenvalue weighted by molar-refractivity contribution is 0.102. The molecule has 9 heteroatoms. The second-order valence-electron chi connectivity index (χ2n) is 3.90.